The van der Waals surface area contributed by atoms with Gasteiger partial charge in [0.05, 0.1) is 24.7 Å². The zero-order valence-corrected chi connectivity index (χ0v) is 17.6. The second-order valence-corrected chi connectivity index (χ2v) is 7.39. The van der Waals surface area contributed by atoms with E-state index in [1.807, 2.05) is 42.5 Å². The van der Waals surface area contributed by atoms with Crippen LogP contribution >= 0.6 is 0 Å². The third kappa shape index (κ3) is 4.54. The predicted molar refractivity (Wildman–Crippen MR) is 123 cm³/mol. The normalized spacial score (nSPS) is 11.3. The topological polar surface area (TPSA) is 36.3 Å². The fourth-order valence-electron chi connectivity index (χ4n) is 3.61. The van der Waals surface area contributed by atoms with Crippen LogP contribution in [0, 0.1) is 13.8 Å². The molecule has 0 saturated heterocycles. The summed E-state index contributed by atoms with van der Waals surface area (Å²) in [6, 6.07) is 22.5. The van der Waals surface area contributed by atoms with E-state index in [2.05, 4.69) is 54.8 Å². The van der Waals surface area contributed by atoms with Crippen LogP contribution in [0.25, 0.3) is 23.2 Å². The van der Waals surface area contributed by atoms with Gasteiger partial charge < -0.3 is 14.0 Å². The smallest absolute Gasteiger partial charge is 0.133 e. The van der Waals surface area contributed by atoms with Gasteiger partial charge in [-0.25, -0.2) is 4.98 Å². The molecule has 0 spiro atoms. The van der Waals surface area contributed by atoms with Crippen molar-refractivity contribution in [3.05, 3.63) is 89.2 Å². The standard InChI is InChI=1S/C26H26N2O2/c1-19-16-20(2)18-23(17-19)30-15-14-28-25-7-5-4-6-24(25)27-26(28)13-10-21-8-11-22(29-3)12-9-21/h4-13,16-18H,14-15H2,1-3H3/b13-10+. The number of fused-ring (bicyclic) bond motifs is 1. The highest BCUT2D eigenvalue weighted by Crippen LogP contribution is 2.20. The van der Waals surface area contributed by atoms with E-state index in [-0.39, 0.29) is 0 Å². The summed E-state index contributed by atoms with van der Waals surface area (Å²) in [5, 5.41) is 0. The van der Waals surface area contributed by atoms with Gasteiger partial charge >= 0.3 is 0 Å². The molecule has 4 heteroatoms. The van der Waals surface area contributed by atoms with Gasteiger partial charge in [0.15, 0.2) is 0 Å². The van der Waals surface area contributed by atoms with Gasteiger partial charge in [-0.3, -0.25) is 0 Å². The van der Waals surface area contributed by atoms with Crippen LogP contribution in [0.4, 0.5) is 0 Å². The Balaban J connectivity index is 1.55. The molecule has 0 amide bonds. The molecule has 0 atom stereocenters. The quantitative estimate of drug-likeness (QED) is 0.388. The Labute approximate surface area is 177 Å². The van der Waals surface area contributed by atoms with E-state index in [9.17, 15) is 0 Å². The number of para-hydroxylation sites is 2. The lowest BCUT2D eigenvalue weighted by Gasteiger charge is -2.11. The number of imidazole rings is 1. The largest absolute Gasteiger partial charge is 0.497 e. The lowest BCUT2D eigenvalue weighted by molar-refractivity contribution is 0.299. The van der Waals surface area contributed by atoms with Crippen molar-refractivity contribution in [2.75, 3.05) is 13.7 Å². The fraction of sp³-hybridized carbons (Fsp3) is 0.192. The maximum Gasteiger partial charge on any atom is 0.133 e. The maximum absolute atomic E-state index is 6.05. The van der Waals surface area contributed by atoms with Crippen LogP contribution in [0.1, 0.15) is 22.5 Å². The molecule has 0 aliphatic carbocycles. The molecule has 3 aromatic carbocycles. The summed E-state index contributed by atoms with van der Waals surface area (Å²) in [5.74, 6) is 2.67. The molecule has 0 aliphatic heterocycles. The van der Waals surface area contributed by atoms with Gasteiger partial charge in [-0.2, -0.15) is 0 Å². The third-order valence-electron chi connectivity index (χ3n) is 5.00. The Kier molecular flexibility index (Phi) is 5.84. The van der Waals surface area contributed by atoms with Crippen molar-refractivity contribution in [1.82, 2.24) is 9.55 Å². The Morgan fingerprint density at radius 2 is 1.60 bits per heavy atom. The molecule has 0 N–H and O–H groups in total. The minimum Gasteiger partial charge on any atom is -0.497 e. The molecular formula is C26H26N2O2. The number of nitrogens with zero attached hydrogens (tertiary/aromatic N) is 2. The van der Waals surface area contributed by atoms with Crippen LogP contribution in [-0.4, -0.2) is 23.3 Å². The molecule has 4 aromatic rings. The molecule has 0 radical (unpaired) electrons. The number of benzene rings is 3. The highest BCUT2D eigenvalue weighted by atomic mass is 16.5. The first-order valence-corrected chi connectivity index (χ1v) is 10.1. The van der Waals surface area contributed by atoms with E-state index >= 15 is 0 Å². The lowest BCUT2D eigenvalue weighted by Crippen LogP contribution is -2.09. The van der Waals surface area contributed by atoms with Gasteiger partial charge in [0.1, 0.15) is 23.9 Å². The van der Waals surface area contributed by atoms with E-state index in [1.54, 1.807) is 7.11 Å². The molecule has 1 heterocycles. The highest BCUT2D eigenvalue weighted by Gasteiger charge is 2.08. The Hall–Kier alpha value is -3.53. The molecule has 4 rings (SSSR count). The van der Waals surface area contributed by atoms with Gasteiger partial charge in [-0.1, -0.05) is 36.4 Å². The minimum absolute atomic E-state index is 0.576. The van der Waals surface area contributed by atoms with Crippen molar-refractivity contribution in [3.8, 4) is 11.5 Å². The first-order chi connectivity index (χ1) is 14.6. The number of methoxy groups -OCH3 is 1. The van der Waals surface area contributed by atoms with Gasteiger partial charge in [-0.05, 0) is 73.0 Å². The molecule has 4 nitrogen and oxygen atoms in total. The van der Waals surface area contributed by atoms with E-state index in [0.717, 1.165) is 40.5 Å². The lowest BCUT2D eigenvalue weighted by atomic mass is 10.1. The van der Waals surface area contributed by atoms with Crippen LogP contribution in [-0.2, 0) is 6.54 Å². The van der Waals surface area contributed by atoms with Gasteiger partial charge in [0.25, 0.3) is 0 Å². The molecule has 0 fully saturated rings. The van der Waals surface area contributed by atoms with Crippen molar-refractivity contribution >= 4 is 23.2 Å². The average molecular weight is 399 g/mol. The highest BCUT2D eigenvalue weighted by molar-refractivity contribution is 5.79. The average Bonchev–Trinajstić information content (AvgIpc) is 3.09. The summed E-state index contributed by atoms with van der Waals surface area (Å²) >= 11 is 0. The second kappa shape index (κ2) is 8.87. The zero-order chi connectivity index (χ0) is 20.9. The number of rotatable bonds is 7. The van der Waals surface area contributed by atoms with Gasteiger partial charge in [0.2, 0.25) is 0 Å². The number of ether oxygens (including phenoxy) is 2. The van der Waals surface area contributed by atoms with Gasteiger partial charge in [-0.15, -0.1) is 0 Å². The van der Waals surface area contributed by atoms with Crippen LogP contribution < -0.4 is 9.47 Å². The Morgan fingerprint density at radius 1 is 0.867 bits per heavy atom. The Morgan fingerprint density at radius 3 is 2.33 bits per heavy atom. The second-order valence-electron chi connectivity index (χ2n) is 7.39. The molecule has 30 heavy (non-hydrogen) atoms. The fourth-order valence-corrected chi connectivity index (χ4v) is 3.61. The molecule has 0 aliphatic rings. The predicted octanol–water partition coefficient (Wildman–Crippen LogP) is 5.91. The number of aryl methyl sites for hydroxylation is 2. The monoisotopic (exact) mass is 398 g/mol. The van der Waals surface area contributed by atoms with Crippen LogP contribution in [0.3, 0.4) is 0 Å². The summed E-state index contributed by atoms with van der Waals surface area (Å²) in [7, 11) is 1.67. The van der Waals surface area contributed by atoms with Crippen LogP contribution in [0.15, 0.2) is 66.7 Å². The SMILES string of the molecule is COc1ccc(/C=C/c2nc3ccccc3n2CCOc2cc(C)cc(C)c2)cc1. The first-order valence-electron chi connectivity index (χ1n) is 10.1. The molecule has 0 bridgehead atoms. The van der Waals surface area contributed by atoms with Crippen molar-refractivity contribution in [2.24, 2.45) is 0 Å². The van der Waals surface area contributed by atoms with E-state index in [1.165, 1.54) is 11.1 Å². The zero-order valence-electron chi connectivity index (χ0n) is 17.6. The minimum atomic E-state index is 0.576. The molecule has 0 unspecified atom stereocenters. The van der Waals surface area contributed by atoms with E-state index < -0.39 is 0 Å². The van der Waals surface area contributed by atoms with Crippen molar-refractivity contribution in [1.29, 1.82) is 0 Å². The van der Waals surface area contributed by atoms with E-state index in [0.29, 0.717) is 6.61 Å². The number of aromatic nitrogens is 2. The molecule has 0 saturated carbocycles. The van der Waals surface area contributed by atoms with E-state index in [4.69, 9.17) is 14.5 Å². The summed E-state index contributed by atoms with van der Waals surface area (Å²) in [4.78, 5) is 4.81. The van der Waals surface area contributed by atoms with Crippen LogP contribution in [0.2, 0.25) is 0 Å². The van der Waals surface area contributed by atoms with Crippen molar-refractivity contribution < 1.29 is 9.47 Å². The first kappa shape index (κ1) is 19.8. The summed E-state index contributed by atoms with van der Waals surface area (Å²) in [6.07, 6.45) is 4.13. The molecule has 152 valence electrons. The summed E-state index contributed by atoms with van der Waals surface area (Å²) in [5.41, 5.74) is 5.61. The summed E-state index contributed by atoms with van der Waals surface area (Å²) < 4.78 is 13.5. The van der Waals surface area contributed by atoms with Gasteiger partial charge in [0, 0.05) is 0 Å². The number of hydrogen-bond donors (Lipinski definition) is 0. The third-order valence-corrected chi connectivity index (χ3v) is 5.00. The number of hydrogen-bond acceptors (Lipinski definition) is 3. The van der Waals surface area contributed by atoms with Crippen molar-refractivity contribution in [2.45, 2.75) is 20.4 Å². The maximum atomic E-state index is 6.05. The Bertz CT molecular complexity index is 1150. The molecule has 1 aromatic heterocycles. The van der Waals surface area contributed by atoms with Crippen LogP contribution in [0.5, 0.6) is 11.5 Å². The summed E-state index contributed by atoms with van der Waals surface area (Å²) in [6.45, 7) is 5.47. The van der Waals surface area contributed by atoms with Crippen molar-refractivity contribution in [3.63, 3.8) is 0 Å². The molecular weight excluding hydrogens is 372 g/mol.